The largest absolute Gasteiger partial charge is 0.352 e. The molecule has 0 radical (unpaired) electrons. The molecule has 1 atom stereocenters. The number of likely N-dealkylation sites (tertiary alicyclic amines) is 1. The van der Waals surface area contributed by atoms with Crippen molar-refractivity contribution in [3.63, 3.8) is 0 Å². The molecule has 0 unspecified atom stereocenters. The Hall–Kier alpha value is -2.36. The van der Waals surface area contributed by atoms with Gasteiger partial charge in [0, 0.05) is 38.3 Å². The normalized spacial score (nSPS) is 15.9. The van der Waals surface area contributed by atoms with Gasteiger partial charge in [0.1, 0.15) is 0 Å². The third kappa shape index (κ3) is 6.59. The topological polar surface area (TPSA) is 91.6 Å². The number of nitrogens with zero attached hydrogens (tertiary/aromatic N) is 3. The van der Waals surface area contributed by atoms with Gasteiger partial charge in [-0.3, -0.25) is 9.59 Å². The number of carbonyl (C=O) groups is 2. The molecule has 1 aliphatic rings. The second-order valence-electron chi connectivity index (χ2n) is 8.74. The summed E-state index contributed by atoms with van der Waals surface area (Å²) in [6, 6.07) is 3.83. The Morgan fingerprint density at radius 2 is 2.09 bits per heavy atom. The monoisotopic (exact) mass is 475 g/mol. The van der Waals surface area contributed by atoms with Gasteiger partial charge in [-0.1, -0.05) is 0 Å². The first-order chi connectivity index (χ1) is 15.8. The molecule has 0 bridgehead atoms. The fourth-order valence-electron chi connectivity index (χ4n) is 4.55. The van der Waals surface area contributed by atoms with E-state index in [1.807, 2.05) is 10.3 Å². The molecule has 1 saturated heterocycles. The molecule has 33 heavy (non-hydrogen) atoms. The lowest BCUT2D eigenvalue weighted by Gasteiger charge is -2.40. The predicted octanol–water partition coefficient (Wildman–Crippen LogP) is 2.86. The fraction of sp³-hybridized carbons (Fsp3) is 0.542. The molecule has 3 heterocycles. The SMILES string of the molecule is Cc1cc(F)nc(C)c1C(=O)NCC[C@@H](C)N1CCC(N(Cc2ccsc2)C(=O)CN)CC1. The van der Waals surface area contributed by atoms with E-state index in [4.69, 9.17) is 5.73 Å². The summed E-state index contributed by atoms with van der Waals surface area (Å²) in [4.78, 5) is 33.1. The average molecular weight is 476 g/mol. The van der Waals surface area contributed by atoms with Crippen LogP contribution in [0, 0.1) is 19.8 Å². The Balaban J connectivity index is 1.47. The average Bonchev–Trinajstić information content (AvgIpc) is 3.29. The molecule has 3 rings (SSSR count). The Morgan fingerprint density at radius 1 is 1.36 bits per heavy atom. The predicted molar refractivity (Wildman–Crippen MR) is 129 cm³/mol. The van der Waals surface area contributed by atoms with E-state index in [1.165, 1.54) is 6.07 Å². The maximum absolute atomic E-state index is 13.4. The number of aromatic nitrogens is 1. The molecule has 0 aliphatic carbocycles. The van der Waals surface area contributed by atoms with Crippen LogP contribution in [0.25, 0.3) is 0 Å². The lowest BCUT2D eigenvalue weighted by molar-refractivity contribution is -0.133. The van der Waals surface area contributed by atoms with Crippen molar-refractivity contribution < 1.29 is 14.0 Å². The van der Waals surface area contributed by atoms with Crippen LogP contribution in [0.5, 0.6) is 0 Å². The van der Waals surface area contributed by atoms with Gasteiger partial charge in [0.05, 0.1) is 17.8 Å². The van der Waals surface area contributed by atoms with E-state index in [-0.39, 0.29) is 24.4 Å². The quantitative estimate of drug-likeness (QED) is 0.544. The van der Waals surface area contributed by atoms with Crippen LogP contribution in [0.3, 0.4) is 0 Å². The summed E-state index contributed by atoms with van der Waals surface area (Å²) in [5, 5.41) is 7.05. The first-order valence-corrected chi connectivity index (χ1v) is 12.4. The van der Waals surface area contributed by atoms with Gasteiger partial charge in [-0.25, -0.2) is 4.98 Å². The van der Waals surface area contributed by atoms with Crippen LogP contribution in [-0.2, 0) is 11.3 Å². The summed E-state index contributed by atoms with van der Waals surface area (Å²) in [7, 11) is 0. The molecule has 0 saturated carbocycles. The number of amides is 2. The molecule has 2 aromatic heterocycles. The fourth-order valence-corrected chi connectivity index (χ4v) is 5.21. The van der Waals surface area contributed by atoms with Gasteiger partial charge >= 0.3 is 0 Å². The van der Waals surface area contributed by atoms with Gasteiger partial charge in [0.15, 0.2) is 0 Å². The highest BCUT2D eigenvalue weighted by Crippen LogP contribution is 2.22. The smallest absolute Gasteiger partial charge is 0.253 e. The zero-order chi connectivity index (χ0) is 24.0. The van der Waals surface area contributed by atoms with E-state index < -0.39 is 5.95 Å². The van der Waals surface area contributed by atoms with E-state index in [0.29, 0.717) is 36.0 Å². The third-order valence-electron chi connectivity index (χ3n) is 6.43. The van der Waals surface area contributed by atoms with Gasteiger partial charge in [0.2, 0.25) is 11.9 Å². The first-order valence-electron chi connectivity index (χ1n) is 11.5. The van der Waals surface area contributed by atoms with Crippen LogP contribution >= 0.6 is 11.3 Å². The van der Waals surface area contributed by atoms with E-state index in [0.717, 1.165) is 37.9 Å². The van der Waals surface area contributed by atoms with E-state index in [9.17, 15) is 14.0 Å². The summed E-state index contributed by atoms with van der Waals surface area (Å²) in [5.74, 6) is -0.787. The minimum atomic E-state index is -0.569. The standard InChI is InChI=1S/C24H34FN5O2S/c1-16-12-21(25)28-18(3)23(16)24(32)27-8-4-17(2)29-9-5-20(6-10-29)30(22(31)13-26)14-19-7-11-33-15-19/h7,11-12,15,17,20H,4-6,8-10,13-14,26H2,1-3H3,(H,27,32)/t17-/m1/s1. The lowest BCUT2D eigenvalue weighted by atomic mass is 10.00. The number of rotatable bonds is 9. The maximum Gasteiger partial charge on any atom is 0.253 e. The Labute approximate surface area is 199 Å². The molecule has 1 fully saturated rings. The molecule has 7 nitrogen and oxygen atoms in total. The molecule has 1 aliphatic heterocycles. The number of carbonyl (C=O) groups excluding carboxylic acids is 2. The lowest BCUT2D eigenvalue weighted by Crippen LogP contribution is -2.50. The molecule has 180 valence electrons. The zero-order valence-electron chi connectivity index (χ0n) is 19.6. The van der Waals surface area contributed by atoms with Crippen LogP contribution in [0.1, 0.15) is 53.4 Å². The van der Waals surface area contributed by atoms with Crippen LogP contribution in [0.4, 0.5) is 4.39 Å². The molecule has 0 spiro atoms. The summed E-state index contributed by atoms with van der Waals surface area (Å²) >= 11 is 1.63. The third-order valence-corrected chi connectivity index (χ3v) is 7.16. The number of nitrogens with one attached hydrogen (secondary N) is 1. The van der Waals surface area contributed by atoms with Crippen LogP contribution in [-0.4, -0.2) is 64.9 Å². The maximum atomic E-state index is 13.4. The number of aryl methyl sites for hydroxylation is 2. The highest BCUT2D eigenvalue weighted by Gasteiger charge is 2.29. The van der Waals surface area contributed by atoms with Gasteiger partial charge in [-0.05, 0) is 74.1 Å². The number of nitrogens with two attached hydrogens (primary N) is 1. The van der Waals surface area contributed by atoms with Gasteiger partial charge in [0.25, 0.3) is 5.91 Å². The second-order valence-corrected chi connectivity index (χ2v) is 9.52. The minimum Gasteiger partial charge on any atom is -0.352 e. The second kappa shape index (κ2) is 11.7. The van der Waals surface area contributed by atoms with Gasteiger partial charge < -0.3 is 20.9 Å². The summed E-state index contributed by atoms with van der Waals surface area (Å²) in [6.45, 7) is 8.51. The van der Waals surface area contributed by atoms with E-state index >= 15 is 0 Å². The summed E-state index contributed by atoms with van der Waals surface area (Å²) < 4.78 is 13.4. The number of thiophene rings is 1. The summed E-state index contributed by atoms with van der Waals surface area (Å²) in [5.41, 5.74) is 8.26. The minimum absolute atomic E-state index is 0.00344. The van der Waals surface area contributed by atoms with Crippen molar-refractivity contribution in [3.05, 3.63) is 51.2 Å². The molecule has 2 amide bonds. The first kappa shape index (κ1) is 25.3. The van der Waals surface area contributed by atoms with Gasteiger partial charge in [-0.15, -0.1) is 0 Å². The van der Waals surface area contributed by atoms with Crippen molar-refractivity contribution in [3.8, 4) is 0 Å². The van der Waals surface area contributed by atoms with E-state index in [2.05, 4.69) is 33.6 Å². The number of hydrogen-bond acceptors (Lipinski definition) is 6. The van der Waals surface area contributed by atoms with Crippen molar-refractivity contribution in [2.45, 2.75) is 58.7 Å². The van der Waals surface area contributed by atoms with Crippen molar-refractivity contribution >= 4 is 23.2 Å². The van der Waals surface area contributed by atoms with Crippen molar-refractivity contribution in [1.82, 2.24) is 20.1 Å². The van der Waals surface area contributed by atoms with Crippen LogP contribution in [0.15, 0.2) is 22.9 Å². The van der Waals surface area contributed by atoms with Gasteiger partial charge in [-0.2, -0.15) is 15.7 Å². The molecule has 2 aromatic rings. The number of hydrogen-bond donors (Lipinski definition) is 2. The van der Waals surface area contributed by atoms with E-state index in [1.54, 1.807) is 25.2 Å². The Bertz CT molecular complexity index is 921. The molecular weight excluding hydrogens is 441 g/mol. The van der Waals surface area contributed by atoms with Crippen molar-refractivity contribution in [1.29, 1.82) is 0 Å². The summed E-state index contributed by atoms with van der Waals surface area (Å²) in [6.07, 6.45) is 2.63. The number of halogens is 1. The Kier molecular flexibility index (Phi) is 8.94. The number of pyridine rings is 1. The molecule has 3 N–H and O–H groups in total. The van der Waals surface area contributed by atoms with Crippen molar-refractivity contribution in [2.75, 3.05) is 26.2 Å². The van der Waals surface area contributed by atoms with Crippen molar-refractivity contribution in [2.24, 2.45) is 5.73 Å². The molecular formula is C24H34FN5O2S. The van der Waals surface area contributed by atoms with Crippen LogP contribution < -0.4 is 11.1 Å². The van der Waals surface area contributed by atoms with Crippen LogP contribution in [0.2, 0.25) is 0 Å². The highest BCUT2D eigenvalue weighted by atomic mass is 32.1. The zero-order valence-corrected chi connectivity index (χ0v) is 20.5. The Morgan fingerprint density at radius 3 is 2.70 bits per heavy atom. The highest BCUT2D eigenvalue weighted by molar-refractivity contribution is 7.07. The number of piperidine rings is 1. The molecule has 0 aromatic carbocycles. The molecule has 9 heteroatoms.